The van der Waals surface area contributed by atoms with Crippen LogP contribution in [0.15, 0.2) is 18.2 Å². The Morgan fingerprint density at radius 2 is 0.656 bits per heavy atom. The molecule has 0 saturated heterocycles. The standard InChI is InChI=1S/C44H81N3O17/c1-2-3-4-5-6-7-8-9-10-11-15-52-17-19-54-21-23-56-25-27-58-29-31-60-33-35-62-37-39-64-40-38-63-36-34-61-32-30-59-28-26-57-24-22-55-20-18-53-16-14-45-43-13-12-42(46(48)49)41-44(43)47(50)51/h12-13,41,45H,2-11,14-40H2,1H3. The summed E-state index contributed by atoms with van der Waals surface area (Å²) in [5, 5.41) is 24.9. The first kappa shape index (κ1) is 59.3. The highest BCUT2D eigenvalue weighted by molar-refractivity contribution is 5.65. The summed E-state index contributed by atoms with van der Waals surface area (Å²) in [6.45, 7) is 15.2. The number of hydrogen-bond acceptors (Lipinski definition) is 18. The van der Waals surface area contributed by atoms with Crippen molar-refractivity contribution in [1.82, 2.24) is 0 Å². The van der Waals surface area contributed by atoms with Gasteiger partial charge in [-0.05, 0) is 12.5 Å². The normalized spacial score (nSPS) is 11.5. The summed E-state index contributed by atoms with van der Waals surface area (Å²) in [5.41, 5.74) is -0.528. The molecule has 0 fully saturated rings. The number of nitro groups is 2. The average molecular weight is 924 g/mol. The van der Waals surface area contributed by atoms with Crippen molar-refractivity contribution in [2.45, 2.75) is 71.1 Å². The Labute approximate surface area is 381 Å². The Kier molecular flexibility index (Phi) is 44.7. The Bertz CT molecular complexity index is 1180. The lowest BCUT2D eigenvalue weighted by Gasteiger charge is -2.09. The third-order valence-corrected chi connectivity index (χ3v) is 9.06. The summed E-state index contributed by atoms with van der Waals surface area (Å²) in [7, 11) is 0. The molecule has 0 bridgehead atoms. The van der Waals surface area contributed by atoms with Crippen molar-refractivity contribution >= 4 is 17.1 Å². The number of unbranched alkanes of at least 4 members (excludes halogenated alkanes) is 9. The molecule has 0 aromatic heterocycles. The smallest absolute Gasteiger partial charge is 0.299 e. The Morgan fingerprint density at radius 3 is 0.953 bits per heavy atom. The van der Waals surface area contributed by atoms with Gasteiger partial charge in [-0.2, -0.15) is 0 Å². The van der Waals surface area contributed by atoms with Crippen LogP contribution in [-0.4, -0.2) is 188 Å². The molecule has 0 aliphatic heterocycles. The second kappa shape index (κ2) is 48.2. The van der Waals surface area contributed by atoms with Crippen LogP contribution in [-0.2, 0) is 61.6 Å². The molecule has 0 amide bonds. The number of nitrogens with one attached hydrogen (secondary N) is 1. The highest BCUT2D eigenvalue weighted by Crippen LogP contribution is 2.28. The first-order valence-electron chi connectivity index (χ1n) is 23.2. The number of rotatable bonds is 53. The molecule has 0 aliphatic rings. The predicted octanol–water partition coefficient (Wildman–Crippen LogP) is 6.05. The highest BCUT2D eigenvalue weighted by Gasteiger charge is 2.19. The van der Waals surface area contributed by atoms with Crippen LogP contribution in [0.1, 0.15) is 71.1 Å². The van der Waals surface area contributed by atoms with Crippen LogP contribution in [0.2, 0.25) is 0 Å². The minimum atomic E-state index is -0.680. The maximum absolute atomic E-state index is 11.2. The summed E-state index contributed by atoms with van der Waals surface area (Å²) in [5.74, 6) is 0. The van der Waals surface area contributed by atoms with Crippen molar-refractivity contribution in [1.29, 1.82) is 0 Å². The third kappa shape index (κ3) is 40.8. The van der Waals surface area contributed by atoms with Crippen LogP contribution >= 0.6 is 0 Å². The molecule has 0 saturated carbocycles. The maximum Gasteiger partial charge on any atom is 0.299 e. The molecule has 1 aromatic carbocycles. The molecule has 1 aromatic rings. The summed E-state index contributed by atoms with van der Waals surface area (Å²) in [4.78, 5) is 20.7. The largest absolute Gasteiger partial charge is 0.379 e. The van der Waals surface area contributed by atoms with E-state index in [1.807, 2.05) is 0 Å². The Hall–Kier alpha value is -2.70. The van der Waals surface area contributed by atoms with E-state index in [2.05, 4.69) is 12.2 Å². The van der Waals surface area contributed by atoms with Crippen molar-refractivity contribution in [3.63, 3.8) is 0 Å². The van der Waals surface area contributed by atoms with Crippen LogP contribution in [0.25, 0.3) is 0 Å². The maximum atomic E-state index is 11.2. The van der Waals surface area contributed by atoms with Gasteiger partial charge in [-0.3, -0.25) is 20.2 Å². The fraction of sp³-hybridized carbons (Fsp3) is 0.864. The Balaban J connectivity index is 1.66. The van der Waals surface area contributed by atoms with Gasteiger partial charge in [0.25, 0.3) is 11.4 Å². The van der Waals surface area contributed by atoms with E-state index in [1.165, 1.54) is 69.9 Å². The first-order valence-corrected chi connectivity index (χ1v) is 23.2. The van der Waals surface area contributed by atoms with E-state index >= 15 is 0 Å². The molecule has 20 nitrogen and oxygen atoms in total. The minimum absolute atomic E-state index is 0.185. The number of non-ortho nitro benzene ring substituents is 1. The quantitative estimate of drug-likeness (QED) is 0.0447. The topological polar surface area (TPSA) is 218 Å². The number of nitrogens with zero attached hydrogens (tertiary/aromatic N) is 2. The van der Waals surface area contributed by atoms with Gasteiger partial charge < -0.3 is 66.9 Å². The number of hydrogen-bond donors (Lipinski definition) is 1. The SMILES string of the molecule is CCCCCCCCCCCCOCCOCCOCCOCCOCCOCCOCCOCCOCCOCCOCCOCCOCCNc1ccc([N+](=O)[O-])cc1[N+](=O)[O-]. The van der Waals surface area contributed by atoms with Gasteiger partial charge in [0.2, 0.25) is 0 Å². The minimum Gasteiger partial charge on any atom is -0.379 e. The molecule has 0 aliphatic carbocycles. The van der Waals surface area contributed by atoms with Gasteiger partial charge in [0, 0.05) is 19.2 Å². The van der Waals surface area contributed by atoms with E-state index in [-0.39, 0.29) is 30.2 Å². The van der Waals surface area contributed by atoms with Crippen molar-refractivity contribution in [2.75, 3.05) is 184 Å². The number of benzene rings is 1. The first-order chi connectivity index (χ1) is 31.6. The molecule has 0 atom stereocenters. The zero-order valence-corrected chi connectivity index (χ0v) is 38.7. The van der Waals surface area contributed by atoms with E-state index < -0.39 is 9.85 Å². The summed E-state index contributed by atoms with van der Waals surface area (Å²) < 4.78 is 71.6. The zero-order valence-electron chi connectivity index (χ0n) is 38.7. The van der Waals surface area contributed by atoms with E-state index in [1.54, 1.807) is 0 Å². The monoisotopic (exact) mass is 924 g/mol. The molecule has 20 heteroatoms. The van der Waals surface area contributed by atoms with Gasteiger partial charge in [0.15, 0.2) is 0 Å². The van der Waals surface area contributed by atoms with Gasteiger partial charge in [-0.1, -0.05) is 64.7 Å². The molecule has 0 heterocycles. The molecule has 0 unspecified atom stereocenters. The van der Waals surface area contributed by atoms with Crippen molar-refractivity contribution in [3.05, 3.63) is 38.4 Å². The molecule has 0 radical (unpaired) electrons. The lowest BCUT2D eigenvalue weighted by atomic mass is 10.1. The Morgan fingerprint density at radius 1 is 0.375 bits per heavy atom. The number of ether oxygens (including phenoxy) is 13. The number of nitro benzene ring substituents is 2. The molecule has 0 spiro atoms. The van der Waals surface area contributed by atoms with Crippen LogP contribution in [0.3, 0.4) is 0 Å². The van der Waals surface area contributed by atoms with Crippen molar-refractivity contribution < 1.29 is 71.4 Å². The van der Waals surface area contributed by atoms with Crippen LogP contribution < -0.4 is 5.32 Å². The fourth-order valence-electron chi connectivity index (χ4n) is 5.62. The van der Waals surface area contributed by atoms with E-state index in [9.17, 15) is 20.2 Å². The van der Waals surface area contributed by atoms with Crippen LogP contribution in [0, 0.1) is 20.2 Å². The lowest BCUT2D eigenvalue weighted by Crippen LogP contribution is -2.16. The second-order valence-electron chi connectivity index (χ2n) is 14.3. The molecule has 1 N–H and O–H groups in total. The molecular weight excluding hydrogens is 842 g/mol. The van der Waals surface area contributed by atoms with Gasteiger partial charge in [-0.25, -0.2) is 0 Å². The van der Waals surface area contributed by atoms with E-state index in [0.717, 1.165) is 19.1 Å². The van der Waals surface area contributed by atoms with Crippen LogP contribution in [0.4, 0.5) is 17.1 Å². The number of anilines is 1. The van der Waals surface area contributed by atoms with Crippen molar-refractivity contribution in [3.8, 4) is 0 Å². The summed E-state index contributed by atoms with van der Waals surface area (Å²) >= 11 is 0. The van der Waals surface area contributed by atoms with Crippen molar-refractivity contribution in [2.24, 2.45) is 0 Å². The molecule has 64 heavy (non-hydrogen) atoms. The fourth-order valence-corrected chi connectivity index (χ4v) is 5.62. The lowest BCUT2D eigenvalue weighted by molar-refractivity contribution is -0.393. The second-order valence-corrected chi connectivity index (χ2v) is 14.3. The predicted molar refractivity (Wildman–Crippen MR) is 241 cm³/mol. The van der Waals surface area contributed by atoms with Gasteiger partial charge in [0.05, 0.1) is 181 Å². The van der Waals surface area contributed by atoms with Crippen LogP contribution in [0.5, 0.6) is 0 Å². The van der Waals surface area contributed by atoms with E-state index in [4.69, 9.17) is 61.6 Å². The van der Waals surface area contributed by atoms with Gasteiger partial charge in [0.1, 0.15) is 5.69 Å². The summed E-state index contributed by atoms with van der Waals surface area (Å²) in [6, 6.07) is 3.43. The van der Waals surface area contributed by atoms with E-state index in [0.29, 0.717) is 159 Å². The zero-order chi connectivity index (χ0) is 46.1. The third-order valence-electron chi connectivity index (χ3n) is 9.06. The average Bonchev–Trinajstić information content (AvgIpc) is 3.29. The summed E-state index contributed by atoms with van der Waals surface area (Å²) in [6.07, 6.45) is 13.3. The van der Waals surface area contributed by atoms with Gasteiger partial charge in [-0.15, -0.1) is 0 Å². The van der Waals surface area contributed by atoms with Gasteiger partial charge >= 0.3 is 0 Å². The highest BCUT2D eigenvalue weighted by atomic mass is 16.6. The molecular formula is C44H81N3O17. The molecule has 1 rings (SSSR count). The molecule has 374 valence electrons.